The van der Waals surface area contributed by atoms with E-state index >= 15 is 0 Å². The lowest BCUT2D eigenvalue weighted by Gasteiger charge is -2.07. The van der Waals surface area contributed by atoms with E-state index in [4.69, 9.17) is 12.2 Å². The van der Waals surface area contributed by atoms with Crippen molar-refractivity contribution < 1.29 is 0 Å². The van der Waals surface area contributed by atoms with Crippen molar-refractivity contribution in [2.75, 3.05) is 0 Å². The molecule has 4 nitrogen and oxygen atoms in total. The highest BCUT2D eigenvalue weighted by Gasteiger charge is 2.08. The summed E-state index contributed by atoms with van der Waals surface area (Å²) >= 11 is 5.31. The number of hydrogen-bond donors (Lipinski definition) is 1. The first-order valence-corrected chi connectivity index (χ1v) is 5.88. The molecule has 0 bridgehead atoms. The van der Waals surface area contributed by atoms with Gasteiger partial charge in [0.1, 0.15) is 6.33 Å². The second kappa shape index (κ2) is 4.54. The molecule has 0 unspecified atom stereocenters. The lowest BCUT2D eigenvalue weighted by atomic mass is 10.2. The van der Waals surface area contributed by atoms with Crippen LogP contribution < -0.4 is 0 Å². The molecule has 0 aliphatic rings. The highest BCUT2D eigenvalue weighted by Crippen LogP contribution is 2.22. The van der Waals surface area contributed by atoms with Gasteiger partial charge in [-0.3, -0.25) is 4.57 Å². The van der Waals surface area contributed by atoms with Crippen molar-refractivity contribution >= 4 is 12.2 Å². The third-order valence-corrected chi connectivity index (χ3v) is 2.95. The molecule has 0 saturated carbocycles. The monoisotopic (exact) mass is 254 g/mol. The molecular weight excluding hydrogens is 244 g/mol. The first-order chi connectivity index (χ1) is 8.86. The minimum absolute atomic E-state index is 0.628. The van der Waals surface area contributed by atoms with Crippen LogP contribution in [0.3, 0.4) is 0 Å². The van der Waals surface area contributed by atoms with Gasteiger partial charge in [0.15, 0.2) is 4.77 Å². The van der Waals surface area contributed by atoms with Gasteiger partial charge < -0.3 is 4.98 Å². The summed E-state index contributed by atoms with van der Waals surface area (Å²) in [5, 5.41) is 0. The lowest BCUT2D eigenvalue weighted by molar-refractivity contribution is 0.995. The van der Waals surface area contributed by atoms with Crippen molar-refractivity contribution in [3.05, 3.63) is 60.0 Å². The molecule has 2 aromatic heterocycles. The average molecular weight is 254 g/mol. The van der Waals surface area contributed by atoms with Crippen LogP contribution in [-0.2, 0) is 0 Å². The summed E-state index contributed by atoms with van der Waals surface area (Å²) in [7, 11) is 0. The van der Waals surface area contributed by atoms with Crippen LogP contribution in [-0.4, -0.2) is 19.5 Å². The minimum Gasteiger partial charge on any atom is -0.336 e. The van der Waals surface area contributed by atoms with E-state index in [1.54, 1.807) is 12.4 Å². The highest BCUT2D eigenvalue weighted by atomic mass is 32.1. The van der Waals surface area contributed by atoms with Crippen LogP contribution in [0.4, 0.5) is 0 Å². The number of aromatic amines is 1. The fraction of sp³-hybridized carbons (Fsp3) is 0. The van der Waals surface area contributed by atoms with Crippen LogP contribution >= 0.6 is 12.2 Å². The van der Waals surface area contributed by atoms with Gasteiger partial charge in [0.2, 0.25) is 0 Å². The Hall–Kier alpha value is -2.27. The number of rotatable bonds is 2. The van der Waals surface area contributed by atoms with Crippen LogP contribution in [0, 0.1) is 4.77 Å². The van der Waals surface area contributed by atoms with Crippen LogP contribution in [0.15, 0.2) is 55.2 Å². The number of nitrogens with zero attached hydrogens (tertiary/aromatic N) is 3. The summed E-state index contributed by atoms with van der Waals surface area (Å²) in [4.78, 5) is 11.1. The number of nitrogens with one attached hydrogen (secondary N) is 1. The fourth-order valence-corrected chi connectivity index (χ4v) is 2.12. The molecule has 3 rings (SSSR count). The standard InChI is InChI=1S/C13H10N4S/c18-13-16-8-12(10-4-2-1-3-5-10)17(13)11-6-14-9-15-7-11/h1-9H,(H,16,18). The molecule has 0 fully saturated rings. The van der Waals surface area contributed by atoms with Crippen molar-refractivity contribution in [1.82, 2.24) is 19.5 Å². The average Bonchev–Trinajstić information content (AvgIpc) is 2.83. The largest absolute Gasteiger partial charge is 0.336 e. The van der Waals surface area contributed by atoms with Crippen LogP contribution in [0.1, 0.15) is 0 Å². The zero-order valence-corrected chi connectivity index (χ0v) is 10.3. The first-order valence-electron chi connectivity index (χ1n) is 5.47. The Bertz CT molecular complexity index is 701. The van der Waals surface area contributed by atoms with E-state index in [9.17, 15) is 0 Å². The molecule has 0 aliphatic carbocycles. The molecule has 0 amide bonds. The molecule has 1 N–H and O–H groups in total. The van der Waals surface area contributed by atoms with Crippen molar-refractivity contribution in [1.29, 1.82) is 0 Å². The first kappa shape index (κ1) is 10.9. The third kappa shape index (κ3) is 1.84. The summed E-state index contributed by atoms with van der Waals surface area (Å²) in [6.07, 6.45) is 6.87. The summed E-state index contributed by atoms with van der Waals surface area (Å²) in [6.45, 7) is 0. The summed E-state index contributed by atoms with van der Waals surface area (Å²) in [5.41, 5.74) is 2.94. The zero-order chi connectivity index (χ0) is 12.4. The Morgan fingerprint density at radius 2 is 1.78 bits per heavy atom. The Labute approximate surface area is 109 Å². The number of imidazole rings is 1. The Morgan fingerprint density at radius 1 is 1.06 bits per heavy atom. The quantitative estimate of drug-likeness (QED) is 0.715. The molecule has 1 aromatic carbocycles. The van der Waals surface area contributed by atoms with Crippen molar-refractivity contribution in [2.24, 2.45) is 0 Å². The summed E-state index contributed by atoms with van der Waals surface area (Å²) in [5.74, 6) is 0. The van der Waals surface area contributed by atoms with Gasteiger partial charge >= 0.3 is 0 Å². The highest BCUT2D eigenvalue weighted by molar-refractivity contribution is 7.71. The van der Waals surface area contributed by atoms with E-state index in [-0.39, 0.29) is 0 Å². The van der Waals surface area contributed by atoms with Gasteiger partial charge in [-0.05, 0) is 12.2 Å². The van der Waals surface area contributed by atoms with Crippen LogP contribution in [0.25, 0.3) is 16.9 Å². The summed E-state index contributed by atoms with van der Waals surface area (Å²) < 4.78 is 2.55. The lowest BCUT2D eigenvalue weighted by Crippen LogP contribution is -1.98. The van der Waals surface area contributed by atoms with Gasteiger partial charge in [0.25, 0.3) is 0 Å². The second-order valence-corrected chi connectivity index (χ2v) is 4.16. The van der Waals surface area contributed by atoms with Crippen molar-refractivity contribution in [3.8, 4) is 16.9 Å². The van der Waals surface area contributed by atoms with Crippen molar-refractivity contribution in [2.45, 2.75) is 0 Å². The smallest absolute Gasteiger partial charge is 0.182 e. The van der Waals surface area contributed by atoms with Gasteiger partial charge in [0, 0.05) is 11.8 Å². The number of hydrogen-bond acceptors (Lipinski definition) is 3. The van der Waals surface area contributed by atoms with E-state index in [1.165, 1.54) is 6.33 Å². The molecule has 0 aliphatic heterocycles. The molecule has 0 spiro atoms. The molecular formula is C13H10N4S. The van der Waals surface area contributed by atoms with Gasteiger partial charge in [-0.25, -0.2) is 9.97 Å². The molecule has 18 heavy (non-hydrogen) atoms. The molecule has 2 heterocycles. The third-order valence-electron chi connectivity index (χ3n) is 2.65. The maximum absolute atomic E-state index is 5.31. The number of aromatic nitrogens is 4. The topological polar surface area (TPSA) is 46.5 Å². The Morgan fingerprint density at radius 3 is 2.50 bits per heavy atom. The van der Waals surface area contributed by atoms with E-state index in [0.29, 0.717) is 4.77 Å². The maximum Gasteiger partial charge on any atom is 0.182 e. The summed E-state index contributed by atoms with van der Waals surface area (Å²) in [6, 6.07) is 10.1. The minimum atomic E-state index is 0.628. The molecule has 5 heteroatoms. The van der Waals surface area contributed by atoms with Crippen LogP contribution in [0.2, 0.25) is 0 Å². The molecule has 3 aromatic rings. The van der Waals surface area contributed by atoms with E-state index in [1.807, 2.05) is 41.1 Å². The van der Waals surface area contributed by atoms with Crippen molar-refractivity contribution in [3.63, 3.8) is 0 Å². The fourth-order valence-electron chi connectivity index (χ4n) is 1.85. The number of H-pyrrole nitrogens is 1. The number of benzene rings is 1. The van der Waals surface area contributed by atoms with Gasteiger partial charge in [-0.15, -0.1) is 0 Å². The molecule has 0 radical (unpaired) electrons. The SMILES string of the molecule is S=c1[nH]cc(-c2ccccc2)n1-c1cncnc1. The van der Waals surface area contributed by atoms with Gasteiger partial charge in [0.05, 0.1) is 23.8 Å². The second-order valence-electron chi connectivity index (χ2n) is 3.78. The van der Waals surface area contributed by atoms with Crippen LogP contribution in [0.5, 0.6) is 0 Å². The molecule has 88 valence electrons. The van der Waals surface area contributed by atoms with E-state index in [2.05, 4.69) is 15.0 Å². The van der Waals surface area contributed by atoms with E-state index < -0.39 is 0 Å². The normalized spacial score (nSPS) is 10.4. The molecule has 0 saturated heterocycles. The maximum atomic E-state index is 5.31. The predicted octanol–water partition coefficient (Wildman–Crippen LogP) is 2.99. The van der Waals surface area contributed by atoms with Gasteiger partial charge in [-0.1, -0.05) is 30.3 Å². The van der Waals surface area contributed by atoms with E-state index in [0.717, 1.165) is 16.9 Å². The Balaban J connectivity index is 2.23. The Kier molecular flexibility index (Phi) is 2.74. The molecule has 0 atom stereocenters. The predicted molar refractivity (Wildman–Crippen MR) is 72.0 cm³/mol. The zero-order valence-electron chi connectivity index (χ0n) is 9.45. The van der Waals surface area contributed by atoms with Gasteiger partial charge in [-0.2, -0.15) is 0 Å².